The van der Waals surface area contributed by atoms with E-state index in [4.69, 9.17) is 14.5 Å². The van der Waals surface area contributed by atoms with E-state index in [9.17, 15) is 28.0 Å². The Hall–Kier alpha value is -2.68. The maximum atomic E-state index is 13.9. The molecule has 2 aromatic carbocycles. The summed E-state index contributed by atoms with van der Waals surface area (Å²) in [7, 11) is -3.57. The van der Waals surface area contributed by atoms with Gasteiger partial charge < -0.3 is 31.3 Å². The van der Waals surface area contributed by atoms with Gasteiger partial charge in [-0.05, 0) is 23.9 Å². The second-order valence-corrected chi connectivity index (χ2v) is 9.69. The fourth-order valence-corrected chi connectivity index (χ4v) is 3.88. The number of phosphoric acid groups is 1. The summed E-state index contributed by atoms with van der Waals surface area (Å²) in [6.07, 6.45) is -1.14. The maximum Gasteiger partial charge on any atom is 1.00 e. The van der Waals surface area contributed by atoms with Gasteiger partial charge in [-0.25, -0.2) is 27.9 Å². The van der Waals surface area contributed by atoms with Crippen LogP contribution >= 0.6 is 7.82 Å². The number of pyridine rings is 1. The number of halogens is 2. The van der Waals surface area contributed by atoms with Crippen molar-refractivity contribution >= 4 is 36.5 Å². The molecular formula is C24H28F2N4NaO8P. The van der Waals surface area contributed by atoms with Crippen molar-refractivity contribution in [1.82, 2.24) is 15.2 Å². The van der Waals surface area contributed by atoms with Gasteiger partial charge in [-0.2, -0.15) is 0 Å². The molecule has 0 bridgehead atoms. The van der Waals surface area contributed by atoms with Crippen LogP contribution in [0.5, 0.6) is 0 Å². The zero-order chi connectivity index (χ0) is 28.6. The standard InChI is InChI=1S/C24H27F2N4O8P.Na.H/c1-30(23(32)28-12-17-7-4-8-20(25)22(17)26)18(10-19(31)14-38-39(34,35)36)13-37-24(33)29-21-9-15-5-2-3-6-16(15)11-27-21;;/h2-9,11,18-19,31H,10,12-14H2,1H3,(H,28,32)(H,27,29,33)(H2,34,35,36);;/q;+1;-1/t18-,19+;;/m0../s1. The second kappa shape index (κ2) is 15.4. The number of nitrogens with one attached hydrogen (secondary N) is 2. The second-order valence-electron chi connectivity index (χ2n) is 8.45. The van der Waals surface area contributed by atoms with Crippen LogP contribution in [0.4, 0.5) is 24.2 Å². The van der Waals surface area contributed by atoms with Crippen molar-refractivity contribution in [1.29, 1.82) is 0 Å². The smallest absolute Gasteiger partial charge is 1.00 e. The van der Waals surface area contributed by atoms with Crippen molar-refractivity contribution < 1.29 is 78.1 Å². The number of carbonyl (C=O) groups is 2. The van der Waals surface area contributed by atoms with Crippen LogP contribution in [0.15, 0.2) is 54.7 Å². The number of phosphoric ester groups is 1. The molecule has 3 rings (SSSR count). The molecule has 16 heteroatoms. The van der Waals surface area contributed by atoms with Crippen LogP contribution in [0, 0.1) is 11.6 Å². The van der Waals surface area contributed by atoms with Crippen LogP contribution in [-0.4, -0.2) is 69.3 Å². The van der Waals surface area contributed by atoms with Gasteiger partial charge in [0.25, 0.3) is 0 Å². The summed E-state index contributed by atoms with van der Waals surface area (Å²) in [4.78, 5) is 48.0. The third kappa shape index (κ3) is 10.4. The molecule has 0 aliphatic heterocycles. The number of anilines is 1. The first kappa shape index (κ1) is 33.5. The number of aromatic nitrogens is 1. The van der Waals surface area contributed by atoms with Gasteiger partial charge in [-0.3, -0.25) is 9.84 Å². The Balaban J connectivity index is 0.00000420. The summed E-state index contributed by atoms with van der Waals surface area (Å²) in [6, 6.07) is 10.6. The third-order valence-electron chi connectivity index (χ3n) is 5.58. The van der Waals surface area contributed by atoms with E-state index in [-0.39, 0.29) is 55.3 Å². The number of rotatable bonds is 11. The van der Waals surface area contributed by atoms with Gasteiger partial charge in [0.1, 0.15) is 12.4 Å². The Labute approximate surface area is 251 Å². The van der Waals surface area contributed by atoms with E-state index < -0.39 is 56.9 Å². The molecule has 0 fully saturated rings. The van der Waals surface area contributed by atoms with E-state index >= 15 is 0 Å². The minimum Gasteiger partial charge on any atom is -1.00 e. The number of nitrogens with zero attached hydrogens (tertiary/aromatic N) is 2. The first-order chi connectivity index (χ1) is 18.4. The van der Waals surface area contributed by atoms with Gasteiger partial charge >= 0.3 is 49.5 Å². The summed E-state index contributed by atoms with van der Waals surface area (Å²) in [5.74, 6) is -2.00. The van der Waals surface area contributed by atoms with Crippen LogP contribution in [0.2, 0.25) is 0 Å². The van der Waals surface area contributed by atoms with E-state index in [2.05, 4.69) is 20.1 Å². The maximum absolute atomic E-state index is 13.9. The van der Waals surface area contributed by atoms with Crippen molar-refractivity contribution in [2.45, 2.75) is 25.1 Å². The summed E-state index contributed by atoms with van der Waals surface area (Å²) in [5.41, 5.74) is -0.109. The Morgan fingerprint density at radius 1 is 1.12 bits per heavy atom. The molecule has 3 amide bonds. The van der Waals surface area contributed by atoms with Crippen LogP contribution in [0.1, 0.15) is 13.4 Å². The molecule has 12 nitrogen and oxygen atoms in total. The number of hydrogen-bond donors (Lipinski definition) is 5. The minimum atomic E-state index is -4.87. The largest absolute Gasteiger partial charge is 1.00 e. The predicted molar refractivity (Wildman–Crippen MR) is 137 cm³/mol. The molecule has 3 aromatic rings. The van der Waals surface area contributed by atoms with Gasteiger partial charge in [-0.1, -0.05) is 36.4 Å². The summed E-state index contributed by atoms with van der Waals surface area (Å²) in [5, 5.41) is 16.7. The van der Waals surface area contributed by atoms with Gasteiger partial charge in [0.05, 0.1) is 18.8 Å². The molecular weight excluding hydrogens is 564 g/mol. The zero-order valence-corrected chi connectivity index (χ0v) is 24.6. The molecule has 1 aromatic heterocycles. The molecule has 1 heterocycles. The summed E-state index contributed by atoms with van der Waals surface area (Å²) in [6.45, 7) is -1.58. The summed E-state index contributed by atoms with van der Waals surface area (Å²) < 4.78 is 47.8. The molecule has 0 spiro atoms. The number of benzene rings is 2. The molecule has 212 valence electrons. The molecule has 0 unspecified atom stereocenters. The molecule has 0 radical (unpaired) electrons. The number of ether oxygens (including phenoxy) is 1. The van der Waals surface area contributed by atoms with Crippen LogP contribution in [0.25, 0.3) is 10.8 Å². The van der Waals surface area contributed by atoms with E-state index in [1.54, 1.807) is 12.3 Å². The van der Waals surface area contributed by atoms with Crippen LogP contribution < -0.4 is 40.2 Å². The molecule has 2 atom stereocenters. The van der Waals surface area contributed by atoms with Gasteiger partial charge in [-0.15, -0.1) is 0 Å². The predicted octanol–water partition coefficient (Wildman–Crippen LogP) is 0.248. The molecule has 5 N–H and O–H groups in total. The number of likely N-dealkylation sites (N-methyl/N-ethyl adjacent to an activating group) is 1. The SMILES string of the molecule is CN(C(=O)NCc1cccc(F)c1F)[C@H](COC(=O)Nc1cc2ccccc2cn1)C[C@@H](O)COP(=O)(O)O.[H-].[Na+]. The van der Waals surface area contributed by atoms with Crippen LogP contribution in [0.3, 0.4) is 0 Å². The summed E-state index contributed by atoms with van der Waals surface area (Å²) >= 11 is 0. The average Bonchev–Trinajstić information content (AvgIpc) is 2.89. The Bertz CT molecular complexity index is 1370. The first-order valence-corrected chi connectivity index (χ1v) is 13.1. The topological polar surface area (TPSA) is 171 Å². The molecule has 40 heavy (non-hydrogen) atoms. The van der Waals surface area contributed by atoms with Crippen LogP contribution in [-0.2, 0) is 20.4 Å². The number of hydrogen-bond acceptors (Lipinski definition) is 7. The Kier molecular flexibility index (Phi) is 12.9. The number of aliphatic hydroxyl groups excluding tert-OH is 1. The first-order valence-electron chi connectivity index (χ1n) is 11.5. The zero-order valence-electron chi connectivity index (χ0n) is 22.7. The van der Waals surface area contributed by atoms with Gasteiger partial charge in [0.15, 0.2) is 11.6 Å². The van der Waals surface area contributed by atoms with Crippen molar-refractivity contribution in [2.75, 3.05) is 25.6 Å². The molecule has 0 saturated heterocycles. The minimum absolute atomic E-state index is 0. The number of urea groups is 1. The number of amides is 3. The Morgan fingerprint density at radius 2 is 1.82 bits per heavy atom. The monoisotopic (exact) mass is 592 g/mol. The number of aliphatic hydroxyl groups is 1. The van der Waals surface area contributed by atoms with E-state index in [0.717, 1.165) is 21.7 Å². The van der Waals surface area contributed by atoms with E-state index in [0.29, 0.717) is 0 Å². The van der Waals surface area contributed by atoms with Crippen molar-refractivity contribution in [3.8, 4) is 0 Å². The van der Waals surface area contributed by atoms with Crippen molar-refractivity contribution in [2.24, 2.45) is 0 Å². The van der Waals surface area contributed by atoms with E-state index in [1.165, 1.54) is 19.2 Å². The number of carbonyl (C=O) groups excluding carboxylic acids is 2. The molecule has 0 saturated carbocycles. The third-order valence-corrected chi connectivity index (χ3v) is 6.06. The van der Waals surface area contributed by atoms with Crippen molar-refractivity contribution in [3.63, 3.8) is 0 Å². The van der Waals surface area contributed by atoms with Gasteiger partial charge in [0, 0.05) is 30.7 Å². The van der Waals surface area contributed by atoms with Gasteiger partial charge in [0.2, 0.25) is 0 Å². The number of fused-ring (bicyclic) bond motifs is 1. The fraction of sp³-hybridized carbons (Fsp3) is 0.292. The fourth-order valence-electron chi connectivity index (χ4n) is 3.51. The van der Waals surface area contributed by atoms with E-state index in [1.807, 2.05) is 24.3 Å². The van der Waals surface area contributed by atoms with Crippen molar-refractivity contribution in [3.05, 3.63) is 71.9 Å². The quantitative estimate of drug-likeness (QED) is 0.155. The average molecular weight is 592 g/mol. The molecule has 0 aliphatic carbocycles. The Morgan fingerprint density at radius 3 is 2.52 bits per heavy atom. The normalized spacial score (nSPS) is 12.7. The molecule has 0 aliphatic rings.